The van der Waals surface area contributed by atoms with E-state index in [-0.39, 0.29) is 17.7 Å². The van der Waals surface area contributed by atoms with Crippen molar-refractivity contribution in [2.24, 2.45) is 18.4 Å². The van der Waals surface area contributed by atoms with Crippen molar-refractivity contribution in [2.75, 3.05) is 26.2 Å². The maximum absolute atomic E-state index is 13.5. The lowest BCUT2D eigenvalue weighted by molar-refractivity contribution is -0.136. The first kappa shape index (κ1) is 17.9. The highest BCUT2D eigenvalue weighted by molar-refractivity contribution is 7.13. The summed E-state index contributed by atoms with van der Waals surface area (Å²) in [7, 11) is 1.95. The van der Waals surface area contributed by atoms with Gasteiger partial charge in [-0.25, -0.2) is 4.98 Å². The smallest absolute Gasteiger partial charge is 0.263 e. The number of likely N-dealkylation sites (tertiary alicyclic amines) is 2. The molecular formula is C21H26N4O2S. The van der Waals surface area contributed by atoms with Gasteiger partial charge in [-0.2, -0.15) is 0 Å². The van der Waals surface area contributed by atoms with Gasteiger partial charge in [-0.15, -0.1) is 11.3 Å². The molecule has 2 aromatic heterocycles. The molecule has 0 radical (unpaired) electrons. The maximum Gasteiger partial charge on any atom is 0.263 e. The molecule has 6 nitrogen and oxygen atoms in total. The molecule has 1 spiro atoms. The fourth-order valence-corrected chi connectivity index (χ4v) is 5.71. The van der Waals surface area contributed by atoms with Gasteiger partial charge in [0.1, 0.15) is 0 Å². The van der Waals surface area contributed by atoms with E-state index in [1.165, 1.54) is 24.2 Å². The molecule has 0 aromatic carbocycles. The van der Waals surface area contributed by atoms with Gasteiger partial charge in [0.05, 0.1) is 22.3 Å². The Morgan fingerprint density at radius 1 is 1.36 bits per heavy atom. The van der Waals surface area contributed by atoms with E-state index >= 15 is 0 Å². The van der Waals surface area contributed by atoms with Gasteiger partial charge in [-0.05, 0) is 44.2 Å². The number of imidazole rings is 1. The average molecular weight is 399 g/mol. The van der Waals surface area contributed by atoms with Crippen LogP contribution in [-0.4, -0.2) is 57.3 Å². The minimum Gasteiger partial charge on any atom is -0.342 e. The van der Waals surface area contributed by atoms with Crippen LogP contribution in [0.25, 0.3) is 0 Å². The molecule has 2 amide bonds. The SMILES string of the molecule is Cc1ccc(C(=O)N2C[C@@H](c3cn(C)cn3)[C@@]3(CCN(CC4CC4)C3=O)C2)s1. The van der Waals surface area contributed by atoms with Crippen molar-refractivity contribution in [1.29, 1.82) is 0 Å². The van der Waals surface area contributed by atoms with Gasteiger partial charge >= 0.3 is 0 Å². The summed E-state index contributed by atoms with van der Waals surface area (Å²) < 4.78 is 1.93. The van der Waals surface area contributed by atoms with Gasteiger partial charge in [-0.1, -0.05) is 0 Å². The Bertz CT molecular complexity index is 930. The Hall–Kier alpha value is -2.15. The molecule has 3 fully saturated rings. The van der Waals surface area contributed by atoms with Crippen molar-refractivity contribution in [3.8, 4) is 0 Å². The molecule has 148 valence electrons. The molecule has 0 bridgehead atoms. The van der Waals surface area contributed by atoms with E-state index in [2.05, 4.69) is 9.88 Å². The molecule has 1 saturated carbocycles. The summed E-state index contributed by atoms with van der Waals surface area (Å²) in [5.74, 6) is 0.924. The van der Waals surface area contributed by atoms with Crippen molar-refractivity contribution < 1.29 is 9.59 Å². The molecule has 28 heavy (non-hydrogen) atoms. The third-order valence-electron chi connectivity index (χ3n) is 6.58. The third kappa shape index (κ3) is 2.87. The second kappa shape index (κ2) is 6.44. The van der Waals surface area contributed by atoms with E-state index in [0.29, 0.717) is 19.0 Å². The van der Waals surface area contributed by atoms with Crippen LogP contribution in [-0.2, 0) is 11.8 Å². The zero-order valence-corrected chi connectivity index (χ0v) is 17.2. The van der Waals surface area contributed by atoms with Crippen LogP contribution in [0.5, 0.6) is 0 Å². The molecule has 2 saturated heterocycles. The van der Waals surface area contributed by atoms with Crippen LogP contribution in [0.15, 0.2) is 24.7 Å². The first-order valence-corrected chi connectivity index (χ1v) is 10.9. The standard InChI is InChI=1S/C21H26N4O2S/c1-14-3-6-18(28-14)19(26)25-10-16(17-11-23(2)13-22-17)21(12-25)7-8-24(20(21)27)9-15-4-5-15/h3,6,11,13,15-16H,4-5,7-10,12H2,1-2H3/t16-,21+/m0/s1. The van der Waals surface area contributed by atoms with Gasteiger partial charge in [0, 0.05) is 50.2 Å². The van der Waals surface area contributed by atoms with Gasteiger partial charge in [-0.3, -0.25) is 9.59 Å². The molecular weight excluding hydrogens is 372 g/mol. The number of thiophene rings is 1. The Morgan fingerprint density at radius 2 is 2.18 bits per heavy atom. The topological polar surface area (TPSA) is 58.4 Å². The first-order valence-electron chi connectivity index (χ1n) is 10.1. The highest BCUT2D eigenvalue weighted by atomic mass is 32.1. The fraction of sp³-hybridized carbons (Fsp3) is 0.571. The number of nitrogens with zero attached hydrogens (tertiary/aromatic N) is 4. The van der Waals surface area contributed by atoms with Crippen LogP contribution in [0.4, 0.5) is 0 Å². The zero-order chi connectivity index (χ0) is 19.5. The number of carbonyl (C=O) groups is 2. The maximum atomic E-state index is 13.5. The van der Waals surface area contributed by atoms with Crippen molar-refractivity contribution in [1.82, 2.24) is 19.4 Å². The summed E-state index contributed by atoms with van der Waals surface area (Å²) in [6.07, 6.45) is 7.09. The average Bonchev–Trinajstić information content (AvgIpc) is 3.01. The number of amides is 2. The molecule has 5 rings (SSSR count). The summed E-state index contributed by atoms with van der Waals surface area (Å²) in [5, 5.41) is 0. The number of carbonyl (C=O) groups excluding carboxylic acids is 2. The predicted octanol–water partition coefficient (Wildman–Crippen LogP) is 2.66. The molecule has 0 N–H and O–H groups in total. The fourth-order valence-electron chi connectivity index (χ4n) is 4.87. The van der Waals surface area contributed by atoms with Gasteiger partial charge in [0.25, 0.3) is 5.91 Å². The van der Waals surface area contributed by atoms with Crippen LogP contribution >= 0.6 is 11.3 Å². The summed E-state index contributed by atoms with van der Waals surface area (Å²) >= 11 is 1.53. The van der Waals surface area contributed by atoms with Gasteiger partial charge in [0.2, 0.25) is 5.91 Å². The predicted molar refractivity (Wildman–Crippen MR) is 107 cm³/mol. The number of hydrogen-bond donors (Lipinski definition) is 0. The van der Waals surface area contributed by atoms with Crippen LogP contribution in [0, 0.1) is 18.3 Å². The van der Waals surface area contributed by atoms with E-state index in [4.69, 9.17) is 0 Å². The van der Waals surface area contributed by atoms with Crippen molar-refractivity contribution in [3.05, 3.63) is 40.1 Å². The highest BCUT2D eigenvalue weighted by Gasteiger charge is 2.59. The summed E-state index contributed by atoms with van der Waals surface area (Å²) in [6, 6.07) is 3.89. The molecule has 3 aliphatic rings. The number of aryl methyl sites for hydroxylation is 2. The molecule has 2 aliphatic heterocycles. The molecule has 2 atom stereocenters. The molecule has 4 heterocycles. The first-order chi connectivity index (χ1) is 13.5. The van der Waals surface area contributed by atoms with Crippen LogP contribution in [0.3, 0.4) is 0 Å². The lowest BCUT2D eigenvalue weighted by Gasteiger charge is -2.27. The number of aromatic nitrogens is 2. The molecule has 0 unspecified atom stereocenters. The van der Waals surface area contributed by atoms with Crippen LogP contribution in [0.2, 0.25) is 0 Å². The normalized spacial score (nSPS) is 27.4. The summed E-state index contributed by atoms with van der Waals surface area (Å²) in [4.78, 5) is 37.1. The summed E-state index contributed by atoms with van der Waals surface area (Å²) in [6.45, 7) is 4.77. The van der Waals surface area contributed by atoms with Gasteiger partial charge in [0.15, 0.2) is 0 Å². The minimum absolute atomic E-state index is 0.0320. The molecule has 1 aliphatic carbocycles. The van der Waals surface area contributed by atoms with E-state index in [1.807, 2.05) is 41.8 Å². The molecule has 2 aromatic rings. The number of hydrogen-bond acceptors (Lipinski definition) is 4. The second-order valence-electron chi connectivity index (χ2n) is 8.71. The number of rotatable bonds is 4. The highest BCUT2D eigenvalue weighted by Crippen LogP contribution is 2.50. The van der Waals surface area contributed by atoms with Crippen LogP contribution in [0.1, 0.15) is 45.4 Å². The van der Waals surface area contributed by atoms with Gasteiger partial charge < -0.3 is 14.4 Å². The van der Waals surface area contributed by atoms with E-state index < -0.39 is 5.41 Å². The quantitative estimate of drug-likeness (QED) is 0.796. The van der Waals surface area contributed by atoms with Crippen molar-refractivity contribution >= 4 is 23.2 Å². The summed E-state index contributed by atoms with van der Waals surface area (Å²) in [5.41, 5.74) is 0.410. The zero-order valence-electron chi connectivity index (χ0n) is 16.4. The monoisotopic (exact) mass is 398 g/mol. The van der Waals surface area contributed by atoms with Crippen LogP contribution < -0.4 is 0 Å². The van der Waals surface area contributed by atoms with Crippen molar-refractivity contribution in [2.45, 2.75) is 32.1 Å². The van der Waals surface area contributed by atoms with E-state index in [0.717, 1.165) is 35.0 Å². The minimum atomic E-state index is -0.523. The van der Waals surface area contributed by atoms with E-state index in [9.17, 15) is 9.59 Å². The third-order valence-corrected chi connectivity index (χ3v) is 7.57. The van der Waals surface area contributed by atoms with Crippen molar-refractivity contribution in [3.63, 3.8) is 0 Å². The Morgan fingerprint density at radius 3 is 2.82 bits per heavy atom. The Balaban J connectivity index is 1.46. The molecule has 7 heteroatoms. The lowest BCUT2D eigenvalue weighted by atomic mass is 9.75. The Labute approximate surface area is 169 Å². The Kier molecular flexibility index (Phi) is 4.12. The largest absolute Gasteiger partial charge is 0.342 e. The van der Waals surface area contributed by atoms with E-state index in [1.54, 1.807) is 6.33 Å². The second-order valence-corrected chi connectivity index (χ2v) is 10.0. The lowest BCUT2D eigenvalue weighted by Crippen LogP contribution is -2.41.